The summed E-state index contributed by atoms with van der Waals surface area (Å²) in [4.78, 5) is 11.8. The topological polar surface area (TPSA) is 26.3 Å². The molecule has 0 saturated carbocycles. The van der Waals surface area contributed by atoms with E-state index in [1.165, 1.54) is 0 Å². The van der Waals surface area contributed by atoms with Crippen molar-refractivity contribution >= 4 is 5.97 Å². The van der Waals surface area contributed by atoms with Crippen LogP contribution in [0.1, 0.15) is 41.0 Å². The first-order valence-corrected chi connectivity index (χ1v) is 5.73. The summed E-state index contributed by atoms with van der Waals surface area (Å²) in [5.74, 6) is -0.606. The van der Waals surface area contributed by atoms with Crippen molar-refractivity contribution in [1.29, 1.82) is 0 Å². The molecular weight excluding hydrogens is 233 g/mol. The van der Waals surface area contributed by atoms with Gasteiger partial charge in [0.05, 0.1) is 5.41 Å². The molecule has 102 valence electrons. The molecule has 0 amide bonds. The molecule has 0 spiro atoms. The molecule has 1 atom stereocenters. The summed E-state index contributed by atoms with van der Waals surface area (Å²) in [5.41, 5.74) is -0.862. The fourth-order valence-electron chi connectivity index (χ4n) is 1.72. The lowest BCUT2D eigenvalue weighted by Gasteiger charge is -2.33. The summed E-state index contributed by atoms with van der Waals surface area (Å²) in [6, 6.07) is 0. The Kier molecular flexibility index (Phi) is 5.49. The van der Waals surface area contributed by atoms with Crippen LogP contribution in [0, 0.1) is 17.3 Å². The van der Waals surface area contributed by atoms with Crippen molar-refractivity contribution in [2.75, 3.05) is 6.61 Å². The Morgan fingerprint density at radius 2 is 1.65 bits per heavy atom. The number of alkyl halides is 3. The molecule has 0 fully saturated rings. The highest BCUT2D eigenvalue weighted by Crippen LogP contribution is 2.36. The molecule has 0 aliphatic rings. The first-order chi connectivity index (χ1) is 7.49. The molecule has 0 aromatic rings. The maximum absolute atomic E-state index is 12.0. The SMILES string of the molecule is CC(C)CC(C)(C(=O)OCC(F)(F)F)C(C)C. The van der Waals surface area contributed by atoms with E-state index < -0.39 is 24.2 Å². The largest absolute Gasteiger partial charge is 0.456 e. The summed E-state index contributed by atoms with van der Waals surface area (Å²) in [6.45, 7) is 7.65. The maximum atomic E-state index is 12.0. The molecule has 0 N–H and O–H groups in total. The Balaban J connectivity index is 4.66. The van der Waals surface area contributed by atoms with Crippen LogP contribution in [0.4, 0.5) is 13.2 Å². The number of esters is 1. The van der Waals surface area contributed by atoms with Gasteiger partial charge in [-0.1, -0.05) is 27.7 Å². The van der Waals surface area contributed by atoms with Gasteiger partial charge in [-0.3, -0.25) is 4.79 Å². The minimum Gasteiger partial charge on any atom is -0.456 e. The Labute approximate surface area is 101 Å². The van der Waals surface area contributed by atoms with E-state index in [4.69, 9.17) is 0 Å². The fraction of sp³-hybridized carbons (Fsp3) is 0.917. The van der Waals surface area contributed by atoms with Crippen LogP contribution in [0.25, 0.3) is 0 Å². The van der Waals surface area contributed by atoms with Gasteiger partial charge in [0.25, 0.3) is 0 Å². The van der Waals surface area contributed by atoms with Crippen LogP contribution in [0.3, 0.4) is 0 Å². The highest BCUT2D eigenvalue weighted by Gasteiger charge is 2.40. The number of hydrogen-bond acceptors (Lipinski definition) is 2. The molecule has 0 heterocycles. The van der Waals surface area contributed by atoms with Crippen LogP contribution in [0.2, 0.25) is 0 Å². The van der Waals surface area contributed by atoms with E-state index in [2.05, 4.69) is 4.74 Å². The van der Waals surface area contributed by atoms with E-state index >= 15 is 0 Å². The predicted octanol–water partition coefficient (Wildman–Crippen LogP) is 3.80. The average molecular weight is 254 g/mol. The van der Waals surface area contributed by atoms with E-state index in [9.17, 15) is 18.0 Å². The second kappa shape index (κ2) is 5.74. The van der Waals surface area contributed by atoms with Crippen LogP contribution < -0.4 is 0 Å². The van der Waals surface area contributed by atoms with Gasteiger partial charge in [0.1, 0.15) is 0 Å². The van der Waals surface area contributed by atoms with Crippen molar-refractivity contribution in [2.24, 2.45) is 17.3 Å². The molecule has 0 rings (SSSR count). The Morgan fingerprint density at radius 3 is 1.94 bits per heavy atom. The monoisotopic (exact) mass is 254 g/mol. The number of rotatable bonds is 5. The van der Waals surface area contributed by atoms with E-state index in [1.807, 2.05) is 27.7 Å². The normalized spacial score (nSPS) is 16.1. The van der Waals surface area contributed by atoms with Gasteiger partial charge in [0, 0.05) is 0 Å². The summed E-state index contributed by atoms with van der Waals surface area (Å²) in [5, 5.41) is 0. The number of ether oxygens (including phenoxy) is 1. The minimum absolute atomic E-state index is 0.0642. The van der Waals surface area contributed by atoms with Gasteiger partial charge in [0.2, 0.25) is 0 Å². The lowest BCUT2D eigenvalue weighted by Crippen LogP contribution is -2.38. The van der Waals surface area contributed by atoms with Crippen LogP contribution in [0.5, 0.6) is 0 Å². The number of carbonyl (C=O) groups excluding carboxylic acids is 1. The zero-order valence-electron chi connectivity index (χ0n) is 11.0. The van der Waals surface area contributed by atoms with Crippen molar-refractivity contribution in [3.05, 3.63) is 0 Å². The van der Waals surface area contributed by atoms with E-state index in [-0.39, 0.29) is 11.8 Å². The van der Waals surface area contributed by atoms with Crippen LogP contribution >= 0.6 is 0 Å². The van der Waals surface area contributed by atoms with Gasteiger partial charge in [-0.15, -0.1) is 0 Å². The minimum atomic E-state index is -4.47. The third-order valence-electron chi connectivity index (χ3n) is 2.94. The van der Waals surface area contributed by atoms with Crippen LogP contribution in [-0.2, 0) is 9.53 Å². The summed E-state index contributed by atoms with van der Waals surface area (Å²) in [7, 11) is 0. The van der Waals surface area contributed by atoms with Crippen molar-refractivity contribution in [1.82, 2.24) is 0 Å². The second-order valence-corrected chi connectivity index (χ2v) is 5.36. The van der Waals surface area contributed by atoms with Crippen LogP contribution in [-0.4, -0.2) is 18.8 Å². The van der Waals surface area contributed by atoms with Crippen LogP contribution in [0.15, 0.2) is 0 Å². The molecule has 0 aromatic carbocycles. The fourth-order valence-corrected chi connectivity index (χ4v) is 1.72. The Morgan fingerprint density at radius 1 is 1.18 bits per heavy atom. The lowest BCUT2D eigenvalue weighted by molar-refractivity contribution is -0.195. The van der Waals surface area contributed by atoms with Gasteiger partial charge < -0.3 is 4.74 Å². The highest BCUT2D eigenvalue weighted by atomic mass is 19.4. The molecule has 0 radical (unpaired) electrons. The molecule has 0 saturated heterocycles. The third-order valence-corrected chi connectivity index (χ3v) is 2.94. The number of carbonyl (C=O) groups is 1. The average Bonchev–Trinajstić information content (AvgIpc) is 2.11. The summed E-state index contributed by atoms with van der Waals surface area (Å²) < 4.78 is 40.3. The van der Waals surface area contributed by atoms with E-state index in [0.29, 0.717) is 6.42 Å². The standard InChI is InChI=1S/C12H21F3O2/c1-8(2)6-11(5,9(3)4)10(16)17-7-12(13,14)15/h8-9H,6-7H2,1-5H3. The van der Waals surface area contributed by atoms with Crippen molar-refractivity contribution in [3.8, 4) is 0 Å². The van der Waals surface area contributed by atoms with E-state index in [0.717, 1.165) is 0 Å². The zero-order chi connectivity index (χ0) is 13.9. The maximum Gasteiger partial charge on any atom is 0.422 e. The van der Waals surface area contributed by atoms with Gasteiger partial charge in [0.15, 0.2) is 6.61 Å². The Hall–Kier alpha value is -0.740. The summed E-state index contributed by atoms with van der Waals surface area (Å²) >= 11 is 0. The first-order valence-electron chi connectivity index (χ1n) is 5.73. The quantitative estimate of drug-likeness (QED) is 0.697. The van der Waals surface area contributed by atoms with Gasteiger partial charge in [-0.2, -0.15) is 13.2 Å². The molecular formula is C12H21F3O2. The summed E-state index contributed by atoms with van der Waals surface area (Å²) in [6.07, 6.45) is -3.95. The zero-order valence-corrected chi connectivity index (χ0v) is 11.0. The van der Waals surface area contributed by atoms with Gasteiger partial charge in [-0.05, 0) is 25.2 Å². The predicted molar refractivity (Wildman–Crippen MR) is 59.4 cm³/mol. The molecule has 0 bridgehead atoms. The highest BCUT2D eigenvalue weighted by molar-refractivity contribution is 5.76. The number of hydrogen-bond donors (Lipinski definition) is 0. The van der Waals surface area contributed by atoms with Gasteiger partial charge in [-0.25, -0.2) is 0 Å². The molecule has 17 heavy (non-hydrogen) atoms. The number of halogens is 3. The third kappa shape index (κ3) is 5.41. The second-order valence-electron chi connectivity index (χ2n) is 5.36. The first kappa shape index (κ1) is 16.3. The van der Waals surface area contributed by atoms with Crippen molar-refractivity contribution in [3.63, 3.8) is 0 Å². The van der Waals surface area contributed by atoms with Gasteiger partial charge >= 0.3 is 12.1 Å². The molecule has 0 aliphatic carbocycles. The molecule has 0 aliphatic heterocycles. The lowest BCUT2D eigenvalue weighted by atomic mass is 9.73. The molecule has 0 aromatic heterocycles. The smallest absolute Gasteiger partial charge is 0.422 e. The molecule has 5 heteroatoms. The van der Waals surface area contributed by atoms with Crippen molar-refractivity contribution < 1.29 is 22.7 Å². The Bertz CT molecular complexity index is 259. The van der Waals surface area contributed by atoms with Crippen molar-refractivity contribution in [2.45, 2.75) is 47.2 Å². The van der Waals surface area contributed by atoms with E-state index in [1.54, 1.807) is 6.92 Å². The molecule has 2 nitrogen and oxygen atoms in total. The molecule has 1 unspecified atom stereocenters.